The van der Waals surface area contributed by atoms with E-state index in [0.717, 1.165) is 0 Å². The number of methoxy groups -OCH3 is 1. The van der Waals surface area contributed by atoms with E-state index in [2.05, 4.69) is 17.1 Å². The van der Waals surface area contributed by atoms with Crippen molar-refractivity contribution in [2.75, 3.05) is 38.4 Å². The van der Waals surface area contributed by atoms with Gasteiger partial charge in [-0.25, -0.2) is 0 Å². The summed E-state index contributed by atoms with van der Waals surface area (Å²) in [5.74, 6) is -0.0526. The highest BCUT2D eigenvalue weighted by atomic mass is 35.5. The third kappa shape index (κ3) is 5.36. The van der Waals surface area contributed by atoms with Crippen molar-refractivity contribution in [3.8, 4) is 0 Å². The van der Waals surface area contributed by atoms with Crippen LogP contribution in [0.4, 0.5) is 11.4 Å². The van der Waals surface area contributed by atoms with Crippen molar-refractivity contribution in [1.29, 1.82) is 0 Å². The molecule has 1 atom stereocenters. The van der Waals surface area contributed by atoms with Crippen LogP contribution in [0.25, 0.3) is 0 Å². The maximum Gasteiger partial charge on any atom is 0.225 e. The molecule has 0 bridgehead atoms. The topological polar surface area (TPSA) is 67.6 Å². The minimum absolute atomic E-state index is 0.0526. The first-order valence-corrected chi connectivity index (χ1v) is 6.86. The van der Waals surface area contributed by atoms with E-state index in [1.807, 2.05) is 7.05 Å². The number of halogens is 1. The number of anilines is 2. The molecule has 1 amide bonds. The molecule has 0 spiro atoms. The van der Waals surface area contributed by atoms with E-state index in [1.54, 1.807) is 25.3 Å². The van der Waals surface area contributed by atoms with Crippen LogP contribution in [0.15, 0.2) is 18.2 Å². The van der Waals surface area contributed by atoms with Gasteiger partial charge in [0.15, 0.2) is 0 Å². The van der Waals surface area contributed by atoms with Gasteiger partial charge in [-0.15, -0.1) is 0 Å². The molecule has 0 fully saturated rings. The van der Waals surface area contributed by atoms with Crippen LogP contribution in [-0.4, -0.2) is 44.2 Å². The summed E-state index contributed by atoms with van der Waals surface area (Å²) in [5, 5.41) is 3.28. The SMILES string of the molecule is COCC(C)N(C)CCC(=O)Nc1ccc(Cl)c(N)c1. The van der Waals surface area contributed by atoms with Gasteiger partial charge in [0.25, 0.3) is 0 Å². The Morgan fingerprint density at radius 1 is 1.55 bits per heavy atom. The molecule has 1 unspecified atom stereocenters. The number of amides is 1. The van der Waals surface area contributed by atoms with Gasteiger partial charge in [-0.2, -0.15) is 0 Å². The fourth-order valence-electron chi connectivity index (χ4n) is 1.71. The number of ether oxygens (including phenoxy) is 1. The molecule has 3 N–H and O–H groups in total. The molecule has 5 nitrogen and oxygen atoms in total. The Bertz CT molecular complexity index is 454. The zero-order valence-electron chi connectivity index (χ0n) is 12.1. The number of nitrogens with two attached hydrogens (primary N) is 1. The number of benzene rings is 1. The van der Waals surface area contributed by atoms with Gasteiger partial charge in [-0.1, -0.05) is 11.6 Å². The van der Waals surface area contributed by atoms with E-state index in [9.17, 15) is 4.79 Å². The van der Waals surface area contributed by atoms with Crippen LogP contribution in [0.3, 0.4) is 0 Å². The van der Waals surface area contributed by atoms with Crippen molar-refractivity contribution in [1.82, 2.24) is 4.90 Å². The number of nitrogen functional groups attached to an aromatic ring is 1. The van der Waals surface area contributed by atoms with Crippen LogP contribution < -0.4 is 11.1 Å². The predicted molar refractivity (Wildman–Crippen MR) is 83.1 cm³/mol. The van der Waals surface area contributed by atoms with Crippen LogP contribution in [-0.2, 0) is 9.53 Å². The van der Waals surface area contributed by atoms with Gasteiger partial charge in [0.1, 0.15) is 0 Å². The maximum atomic E-state index is 11.9. The highest BCUT2D eigenvalue weighted by molar-refractivity contribution is 6.33. The summed E-state index contributed by atoms with van der Waals surface area (Å²) < 4.78 is 5.08. The minimum Gasteiger partial charge on any atom is -0.397 e. The van der Waals surface area contributed by atoms with Crippen molar-refractivity contribution in [3.63, 3.8) is 0 Å². The van der Waals surface area contributed by atoms with Crippen LogP contribution in [0.1, 0.15) is 13.3 Å². The number of hydrogen-bond acceptors (Lipinski definition) is 4. The molecule has 0 saturated heterocycles. The Morgan fingerprint density at radius 3 is 2.85 bits per heavy atom. The van der Waals surface area contributed by atoms with E-state index >= 15 is 0 Å². The lowest BCUT2D eigenvalue weighted by atomic mass is 10.2. The number of likely N-dealkylation sites (N-methyl/N-ethyl adjacent to an activating group) is 1. The second-order valence-corrected chi connectivity index (χ2v) is 5.23. The lowest BCUT2D eigenvalue weighted by Crippen LogP contribution is -2.35. The number of hydrogen-bond donors (Lipinski definition) is 2. The zero-order chi connectivity index (χ0) is 15.1. The van der Waals surface area contributed by atoms with Crippen LogP contribution >= 0.6 is 11.6 Å². The van der Waals surface area contributed by atoms with Gasteiger partial charge in [-0.3, -0.25) is 4.79 Å². The predicted octanol–water partition coefficient (Wildman–Crippen LogP) is 2.22. The van der Waals surface area contributed by atoms with Crippen LogP contribution in [0.2, 0.25) is 5.02 Å². The zero-order valence-corrected chi connectivity index (χ0v) is 12.9. The van der Waals surface area contributed by atoms with Gasteiger partial charge in [0.05, 0.1) is 17.3 Å². The summed E-state index contributed by atoms with van der Waals surface area (Å²) in [6.45, 7) is 3.37. The van der Waals surface area contributed by atoms with Crippen molar-refractivity contribution in [2.24, 2.45) is 0 Å². The highest BCUT2D eigenvalue weighted by Crippen LogP contribution is 2.22. The standard InChI is InChI=1S/C14H22ClN3O2/c1-10(9-20-3)18(2)7-6-14(19)17-11-4-5-12(15)13(16)8-11/h4-5,8,10H,6-7,9,16H2,1-3H3,(H,17,19). The van der Waals surface area contributed by atoms with Crippen molar-refractivity contribution >= 4 is 28.9 Å². The van der Waals surface area contributed by atoms with Crippen molar-refractivity contribution in [2.45, 2.75) is 19.4 Å². The maximum absolute atomic E-state index is 11.9. The normalized spacial score (nSPS) is 12.4. The smallest absolute Gasteiger partial charge is 0.225 e. The first-order chi connectivity index (χ1) is 9.43. The quantitative estimate of drug-likeness (QED) is 0.758. The van der Waals surface area contributed by atoms with Crippen molar-refractivity contribution < 1.29 is 9.53 Å². The Hall–Kier alpha value is -1.30. The Balaban J connectivity index is 2.41. The van der Waals surface area contributed by atoms with Crippen molar-refractivity contribution in [3.05, 3.63) is 23.2 Å². The molecule has 0 aliphatic rings. The number of nitrogens with zero attached hydrogens (tertiary/aromatic N) is 1. The molecule has 1 aromatic rings. The number of nitrogens with one attached hydrogen (secondary N) is 1. The summed E-state index contributed by atoms with van der Waals surface area (Å²) in [7, 11) is 3.64. The summed E-state index contributed by atoms with van der Waals surface area (Å²) in [5.41, 5.74) is 6.80. The number of rotatable bonds is 7. The summed E-state index contributed by atoms with van der Waals surface area (Å²) in [4.78, 5) is 13.9. The Labute approximate surface area is 125 Å². The molecule has 0 aromatic heterocycles. The second-order valence-electron chi connectivity index (χ2n) is 4.82. The largest absolute Gasteiger partial charge is 0.397 e. The van der Waals surface area contributed by atoms with Crippen LogP contribution in [0, 0.1) is 0 Å². The molecule has 6 heteroatoms. The Morgan fingerprint density at radius 2 is 2.25 bits per heavy atom. The van der Waals surface area contributed by atoms with Gasteiger partial charge in [0, 0.05) is 31.8 Å². The van der Waals surface area contributed by atoms with E-state index in [0.29, 0.717) is 36.0 Å². The van der Waals surface area contributed by atoms with Gasteiger partial charge < -0.3 is 20.7 Å². The van der Waals surface area contributed by atoms with Gasteiger partial charge in [-0.05, 0) is 32.2 Å². The number of carbonyl (C=O) groups is 1. The lowest BCUT2D eigenvalue weighted by molar-refractivity contribution is -0.116. The molecule has 112 valence electrons. The third-order valence-corrected chi connectivity index (χ3v) is 3.48. The van der Waals surface area contributed by atoms with Crippen LogP contribution in [0.5, 0.6) is 0 Å². The fraction of sp³-hybridized carbons (Fsp3) is 0.500. The summed E-state index contributed by atoms with van der Waals surface area (Å²) in [6, 6.07) is 5.32. The summed E-state index contributed by atoms with van der Waals surface area (Å²) in [6.07, 6.45) is 0.410. The molecule has 0 heterocycles. The van der Waals surface area contributed by atoms with E-state index in [1.165, 1.54) is 0 Å². The number of carbonyl (C=O) groups excluding carboxylic acids is 1. The average molecular weight is 300 g/mol. The van der Waals surface area contributed by atoms with E-state index in [-0.39, 0.29) is 11.9 Å². The van der Waals surface area contributed by atoms with E-state index < -0.39 is 0 Å². The van der Waals surface area contributed by atoms with Gasteiger partial charge in [0.2, 0.25) is 5.91 Å². The fourth-order valence-corrected chi connectivity index (χ4v) is 1.83. The second kappa shape index (κ2) is 8.09. The summed E-state index contributed by atoms with van der Waals surface area (Å²) >= 11 is 5.83. The van der Waals surface area contributed by atoms with E-state index in [4.69, 9.17) is 22.1 Å². The monoisotopic (exact) mass is 299 g/mol. The highest BCUT2D eigenvalue weighted by Gasteiger charge is 2.11. The Kier molecular flexibility index (Phi) is 6.78. The molecule has 0 aliphatic carbocycles. The first kappa shape index (κ1) is 16.8. The molecule has 0 aliphatic heterocycles. The van der Waals surface area contributed by atoms with Gasteiger partial charge >= 0.3 is 0 Å². The molecular weight excluding hydrogens is 278 g/mol. The average Bonchev–Trinajstić information content (AvgIpc) is 2.40. The molecule has 20 heavy (non-hydrogen) atoms. The minimum atomic E-state index is -0.0526. The molecular formula is C14H22ClN3O2. The lowest BCUT2D eigenvalue weighted by Gasteiger charge is -2.23. The molecule has 1 aromatic carbocycles. The molecule has 0 radical (unpaired) electrons. The molecule has 1 rings (SSSR count). The molecule has 0 saturated carbocycles. The first-order valence-electron chi connectivity index (χ1n) is 6.48. The third-order valence-electron chi connectivity index (χ3n) is 3.13.